The van der Waals surface area contributed by atoms with Crippen LogP contribution in [0.25, 0.3) is 0 Å². The molecule has 0 aliphatic carbocycles. The normalized spacial score (nSPS) is 15.5. The standard InChI is InChI=1S/C17H21ClN2O4/c1-10(2)19-16(22)11(3)24-17(23)12-6-7-13(18)14(9-12)20-8-4-5-15(20)21/h6-7,9-11H,4-5,8H2,1-3H3,(H,19,22)/t11-/m1/s1. The van der Waals surface area contributed by atoms with E-state index in [0.29, 0.717) is 23.7 Å². The number of halogens is 1. The van der Waals surface area contributed by atoms with Gasteiger partial charge in [-0.2, -0.15) is 0 Å². The van der Waals surface area contributed by atoms with Crippen LogP contribution in [0.5, 0.6) is 0 Å². The Morgan fingerprint density at radius 1 is 1.29 bits per heavy atom. The van der Waals surface area contributed by atoms with Gasteiger partial charge in [0, 0.05) is 19.0 Å². The van der Waals surface area contributed by atoms with E-state index in [1.165, 1.54) is 19.1 Å². The maximum Gasteiger partial charge on any atom is 0.338 e. The average Bonchev–Trinajstić information content (AvgIpc) is 2.92. The Labute approximate surface area is 146 Å². The molecule has 1 aromatic rings. The van der Waals surface area contributed by atoms with Gasteiger partial charge in [-0.3, -0.25) is 9.59 Å². The molecule has 24 heavy (non-hydrogen) atoms. The molecule has 130 valence electrons. The van der Waals surface area contributed by atoms with E-state index in [1.54, 1.807) is 11.0 Å². The molecule has 1 N–H and O–H groups in total. The molecule has 1 aliphatic rings. The maximum absolute atomic E-state index is 12.3. The molecule has 0 saturated carbocycles. The van der Waals surface area contributed by atoms with Crippen LogP contribution in [0, 0.1) is 0 Å². The molecule has 1 fully saturated rings. The van der Waals surface area contributed by atoms with Crippen LogP contribution in [0.1, 0.15) is 44.0 Å². The number of nitrogens with one attached hydrogen (secondary N) is 1. The first-order valence-corrected chi connectivity index (χ1v) is 8.28. The molecule has 1 heterocycles. The minimum absolute atomic E-state index is 0.0212. The summed E-state index contributed by atoms with van der Waals surface area (Å²) in [6.07, 6.45) is 0.320. The zero-order valence-electron chi connectivity index (χ0n) is 14.0. The Hall–Kier alpha value is -2.08. The third kappa shape index (κ3) is 4.26. The Morgan fingerprint density at radius 3 is 2.58 bits per heavy atom. The molecule has 7 heteroatoms. The van der Waals surface area contributed by atoms with Crippen molar-refractivity contribution in [1.29, 1.82) is 0 Å². The molecule has 2 rings (SSSR count). The third-order valence-corrected chi connectivity index (χ3v) is 3.95. The average molecular weight is 353 g/mol. The van der Waals surface area contributed by atoms with E-state index in [-0.39, 0.29) is 23.4 Å². The lowest BCUT2D eigenvalue weighted by atomic mass is 10.2. The van der Waals surface area contributed by atoms with E-state index in [9.17, 15) is 14.4 Å². The van der Waals surface area contributed by atoms with Crippen molar-refractivity contribution < 1.29 is 19.1 Å². The fraction of sp³-hybridized carbons (Fsp3) is 0.471. The number of carbonyl (C=O) groups is 3. The smallest absolute Gasteiger partial charge is 0.338 e. The number of amides is 2. The molecular formula is C17H21ClN2O4. The number of rotatable bonds is 5. The van der Waals surface area contributed by atoms with E-state index < -0.39 is 12.1 Å². The summed E-state index contributed by atoms with van der Waals surface area (Å²) in [7, 11) is 0. The molecule has 6 nitrogen and oxygen atoms in total. The van der Waals surface area contributed by atoms with Crippen molar-refractivity contribution in [2.45, 2.75) is 45.8 Å². The first-order valence-electron chi connectivity index (χ1n) is 7.91. The summed E-state index contributed by atoms with van der Waals surface area (Å²) >= 11 is 6.15. The van der Waals surface area contributed by atoms with E-state index in [4.69, 9.17) is 16.3 Å². The van der Waals surface area contributed by atoms with Crippen molar-refractivity contribution in [1.82, 2.24) is 5.32 Å². The van der Waals surface area contributed by atoms with E-state index in [2.05, 4.69) is 5.32 Å². The van der Waals surface area contributed by atoms with Crippen molar-refractivity contribution in [3.8, 4) is 0 Å². The number of hydrogen-bond acceptors (Lipinski definition) is 4. The fourth-order valence-corrected chi connectivity index (χ4v) is 2.65. The minimum atomic E-state index is -0.910. The van der Waals surface area contributed by atoms with Crippen molar-refractivity contribution >= 4 is 35.1 Å². The van der Waals surface area contributed by atoms with Crippen LogP contribution in [-0.4, -0.2) is 36.5 Å². The molecule has 1 atom stereocenters. The van der Waals surface area contributed by atoms with Crippen molar-refractivity contribution in [3.05, 3.63) is 28.8 Å². The van der Waals surface area contributed by atoms with Gasteiger partial charge in [-0.1, -0.05) is 11.6 Å². The first-order chi connectivity index (χ1) is 11.3. The Kier molecular flexibility index (Phi) is 5.83. The number of anilines is 1. The number of benzene rings is 1. The van der Waals surface area contributed by atoms with E-state index in [0.717, 1.165) is 6.42 Å². The molecule has 1 saturated heterocycles. The highest BCUT2D eigenvalue weighted by Gasteiger charge is 2.25. The topological polar surface area (TPSA) is 75.7 Å². The predicted octanol–water partition coefficient (Wildman–Crippen LogP) is 2.54. The van der Waals surface area contributed by atoms with Gasteiger partial charge < -0.3 is 15.0 Å². The highest BCUT2D eigenvalue weighted by atomic mass is 35.5. The highest BCUT2D eigenvalue weighted by Crippen LogP contribution is 2.30. The van der Waals surface area contributed by atoms with Crippen LogP contribution in [-0.2, 0) is 14.3 Å². The van der Waals surface area contributed by atoms with Gasteiger partial charge in [-0.25, -0.2) is 4.79 Å². The summed E-state index contributed by atoms with van der Waals surface area (Å²) in [5.74, 6) is -1.01. The van der Waals surface area contributed by atoms with Crippen molar-refractivity contribution in [2.24, 2.45) is 0 Å². The van der Waals surface area contributed by atoms with Gasteiger partial charge in [0.1, 0.15) is 0 Å². The molecule has 1 aliphatic heterocycles. The lowest BCUT2D eigenvalue weighted by Gasteiger charge is -2.19. The van der Waals surface area contributed by atoms with Crippen LogP contribution < -0.4 is 10.2 Å². The number of hydrogen-bond donors (Lipinski definition) is 1. The monoisotopic (exact) mass is 352 g/mol. The first kappa shape index (κ1) is 18.3. The number of carbonyl (C=O) groups excluding carboxylic acids is 3. The third-order valence-electron chi connectivity index (χ3n) is 3.63. The zero-order chi connectivity index (χ0) is 17.9. The number of ether oxygens (including phenoxy) is 1. The van der Waals surface area contributed by atoms with Crippen LogP contribution in [0.3, 0.4) is 0 Å². The van der Waals surface area contributed by atoms with Gasteiger partial charge in [0.15, 0.2) is 6.10 Å². The summed E-state index contributed by atoms with van der Waals surface area (Å²) in [5, 5.41) is 3.08. The second-order valence-corrected chi connectivity index (χ2v) is 6.43. The lowest BCUT2D eigenvalue weighted by Crippen LogP contribution is -2.39. The van der Waals surface area contributed by atoms with Crippen LogP contribution in [0.2, 0.25) is 5.02 Å². The Balaban J connectivity index is 2.12. The van der Waals surface area contributed by atoms with Gasteiger partial charge in [0.25, 0.3) is 5.91 Å². The van der Waals surface area contributed by atoms with E-state index >= 15 is 0 Å². The maximum atomic E-state index is 12.3. The van der Waals surface area contributed by atoms with Crippen LogP contribution in [0.4, 0.5) is 5.69 Å². The molecule has 0 radical (unpaired) electrons. The second kappa shape index (κ2) is 7.66. The largest absolute Gasteiger partial charge is 0.449 e. The zero-order valence-corrected chi connectivity index (χ0v) is 14.7. The van der Waals surface area contributed by atoms with E-state index in [1.807, 2.05) is 13.8 Å². The molecule has 2 amide bonds. The molecule has 0 spiro atoms. The fourth-order valence-electron chi connectivity index (χ4n) is 2.43. The highest BCUT2D eigenvalue weighted by molar-refractivity contribution is 6.34. The van der Waals surface area contributed by atoms with Gasteiger partial charge in [-0.05, 0) is 45.4 Å². The molecular weight excluding hydrogens is 332 g/mol. The lowest BCUT2D eigenvalue weighted by molar-refractivity contribution is -0.129. The van der Waals surface area contributed by atoms with Crippen LogP contribution >= 0.6 is 11.6 Å². The molecule has 0 unspecified atom stereocenters. The molecule has 0 aromatic heterocycles. The van der Waals surface area contributed by atoms with Crippen molar-refractivity contribution in [3.63, 3.8) is 0 Å². The van der Waals surface area contributed by atoms with Gasteiger partial charge >= 0.3 is 5.97 Å². The number of esters is 1. The van der Waals surface area contributed by atoms with Gasteiger partial charge in [0.05, 0.1) is 16.3 Å². The Bertz CT molecular complexity index is 660. The molecule has 0 bridgehead atoms. The number of nitrogens with zero attached hydrogens (tertiary/aromatic N) is 1. The van der Waals surface area contributed by atoms with Gasteiger partial charge in [-0.15, -0.1) is 0 Å². The summed E-state index contributed by atoms with van der Waals surface area (Å²) in [6.45, 7) is 5.73. The quantitative estimate of drug-likeness (QED) is 0.826. The van der Waals surface area contributed by atoms with Crippen LogP contribution in [0.15, 0.2) is 18.2 Å². The second-order valence-electron chi connectivity index (χ2n) is 6.03. The predicted molar refractivity (Wildman–Crippen MR) is 91.2 cm³/mol. The summed E-state index contributed by atoms with van der Waals surface area (Å²) in [4.78, 5) is 37.5. The molecule has 1 aromatic carbocycles. The summed E-state index contributed by atoms with van der Waals surface area (Å²) < 4.78 is 5.19. The minimum Gasteiger partial charge on any atom is -0.449 e. The summed E-state index contributed by atoms with van der Waals surface area (Å²) in [6, 6.07) is 4.56. The summed E-state index contributed by atoms with van der Waals surface area (Å²) in [5.41, 5.74) is 0.742. The Morgan fingerprint density at radius 2 is 2.00 bits per heavy atom. The SMILES string of the molecule is CC(C)NC(=O)[C@@H](C)OC(=O)c1ccc(Cl)c(N2CCCC2=O)c1. The van der Waals surface area contributed by atoms with Crippen molar-refractivity contribution in [2.75, 3.05) is 11.4 Å². The van der Waals surface area contributed by atoms with Gasteiger partial charge in [0.2, 0.25) is 5.91 Å².